The molecule has 1 aliphatic rings. The minimum atomic E-state index is -4.39. The van der Waals surface area contributed by atoms with Crippen LogP contribution in [-0.4, -0.2) is 43.6 Å². The number of hydrogen-bond donors (Lipinski definition) is 0. The number of carbonyl (C=O) groups is 1. The number of benzene rings is 3. The summed E-state index contributed by atoms with van der Waals surface area (Å²) < 4.78 is 51.3. The van der Waals surface area contributed by atoms with E-state index in [2.05, 4.69) is 6.07 Å². The van der Waals surface area contributed by atoms with Crippen LogP contribution in [0.5, 0.6) is 11.5 Å². The van der Waals surface area contributed by atoms with Crippen molar-refractivity contribution in [1.82, 2.24) is 4.90 Å². The summed E-state index contributed by atoms with van der Waals surface area (Å²) in [6.45, 7) is 10.5. The van der Waals surface area contributed by atoms with E-state index in [-0.39, 0.29) is 12.5 Å². The largest absolute Gasteiger partial charge is 0.493 e. The first-order chi connectivity index (χ1) is 18.1. The number of piperazine rings is 1. The van der Waals surface area contributed by atoms with Crippen molar-refractivity contribution in [3.05, 3.63) is 88.0 Å². The van der Waals surface area contributed by atoms with Crippen molar-refractivity contribution in [2.24, 2.45) is 0 Å². The third-order valence-electron chi connectivity index (χ3n) is 6.86. The first-order valence-corrected chi connectivity index (χ1v) is 12.7. The summed E-state index contributed by atoms with van der Waals surface area (Å²) >= 11 is 0. The van der Waals surface area contributed by atoms with Gasteiger partial charge in [-0.25, -0.2) is 0 Å². The molecule has 4 rings (SSSR count). The van der Waals surface area contributed by atoms with Crippen molar-refractivity contribution >= 4 is 11.6 Å². The number of carbonyl (C=O) groups excluding carboxylic acids is 1. The van der Waals surface area contributed by atoms with Crippen LogP contribution in [0.15, 0.2) is 54.6 Å². The fraction of sp³-hybridized carbons (Fsp3) is 0.367. The minimum Gasteiger partial charge on any atom is -0.493 e. The summed E-state index contributed by atoms with van der Waals surface area (Å²) in [7, 11) is 0. The molecule has 8 heteroatoms. The Hall–Kier alpha value is -3.68. The molecule has 1 amide bonds. The van der Waals surface area contributed by atoms with Gasteiger partial charge in [-0.05, 0) is 86.8 Å². The number of ether oxygens (including phenoxy) is 2. The van der Waals surface area contributed by atoms with Crippen LogP contribution in [0, 0.1) is 20.8 Å². The number of nitrogens with zero attached hydrogens (tertiary/aromatic N) is 2. The van der Waals surface area contributed by atoms with E-state index in [0.29, 0.717) is 49.8 Å². The molecule has 1 fully saturated rings. The molecule has 0 unspecified atom stereocenters. The van der Waals surface area contributed by atoms with Gasteiger partial charge in [-0.2, -0.15) is 13.2 Å². The summed E-state index contributed by atoms with van der Waals surface area (Å²) in [6, 6.07) is 14.8. The van der Waals surface area contributed by atoms with E-state index in [9.17, 15) is 18.0 Å². The Balaban J connectivity index is 1.46. The minimum absolute atomic E-state index is 0.124. The molecule has 0 atom stereocenters. The quantitative estimate of drug-likeness (QED) is 0.349. The molecule has 3 aromatic carbocycles. The Kier molecular flexibility index (Phi) is 8.19. The smallest absolute Gasteiger partial charge is 0.416 e. The lowest BCUT2D eigenvalue weighted by Crippen LogP contribution is -2.48. The van der Waals surface area contributed by atoms with Crippen molar-refractivity contribution < 1.29 is 27.4 Å². The van der Waals surface area contributed by atoms with Crippen LogP contribution in [0.25, 0.3) is 0 Å². The highest BCUT2D eigenvalue weighted by Gasteiger charge is 2.31. The van der Waals surface area contributed by atoms with Gasteiger partial charge < -0.3 is 19.3 Å². The normalized spacial score (nSPS) is 14.0. The van der Waals surface area contributed by atoms with Crippen LogP contribution in [0.4, 0.5) is 18.9 Å². The fourth-order valence-corrected chi connectivity index (χ4v) is 4.66. The lowest BCUT2D eigenvalue weighted by atomic mass is 10.1. The van der Waals surface area contributed by atoms with Crippen molar-refractivity contribution in [3.63, 3.8) is 0 Å². The highest BCUT2D eigenvalue weighted by Crippen LogP contribution is 2.32. The van der Waals surface area contributed by atoms with Crippen LogP contribution in [-0.2, 0) is 12.8 Å². The average Bonchev–Trinajstić information content (AvgIpc) is 2.90. The van der Waals surface area contributed by atoms with E-state index < -0.39 is 11.7 Å². The predicted molar refractivity (Wildman–Crippen MR) is 142 cm³/mol. The van der Waals surface area contributed by atoms with Crippen LogP contribution in [0.1, 0.15) is 45.1 Å². The van der Waals surface area contributed by atoms with Crippen molar-refractivity contribution in [1.29, 1.82) is 0 Å². The number of amides is 1. The van der Waals surface area contributed by atoms with Crippen molar-refractivity contribution in [2.75, 3.05) is 37.7 Å². The second-order valence-electron chi connectivity index (χ2n) is 9.58. The van der Waals surface area contributed by atoms with E-state index in [0.717, 1.165) is 40.1 Å². The summed E-state index contributed by atoms with van der Waals surface area (Å²) in [4.78, 5) is 17.0. The Morgan fingerprint density at radius 2 is 1.63 bits per heavy atom. The van der Waals surface area contributed by atoms with Crippen LogP contribution < -0.4 is 14.4 Å². The second-order valence-corrected chi connectivity index (χ2v) is 9.58. The molecular formula is C30H33F3N2O3. The number of alkyl halides is 3. The molecule has 0 saturated carbocycles. The molecule has 3 aromatic rings. The molecule has 202 valence electrons. The predicted octanol–water partition coefficient (Wildman–Crippen LogP) is 6.57. The van der Waals surface area contributed by atoms with Gasteiger partial charge in [0, 0.05) is 43.0 Å². The van der Waals surface area contributed by atoms with E-state index >= 15 is 0 Å². The summed E-state index contributed by atoms with van der Waals surface area (Å²) in [5.41, 5.74) is 4.47. The molecule has 38 heavy (non-hydrogen) atoms. The Morgan fingerprint density at radius 1 is 0.895 bits per heavy atom. The first-order valence-electron chi connectivity index (χ1n) is 12.7. The standard InChI is InChI=1S/C30H33F3N2O3/c1-5-37-27-10-9-23(17-24(27)19-38-28-16-20(2)15-21(3)22(28)4)29(36)35-13-11-34(12-14-35)26-8-6-7-25(18-26)30(31,32)33/h6-10,15-18H,5,11-14,19H2,1-4H3. The molecule has 5 nitrogen and oxygen atoms in total. The first kappa shape index (κ1) is 27.4. The van der Waals surface area contributed by atoms with Crippen LogP contribution in [0.2, 0.25) is 0 Å². The number of halogens is 3. The summed E-state index contributed by atoms with van der Waals surface area (Å²) in [6.07, 6.45) is -4.39. The van der Waals surface area contributed by atoms with Gasteiger partial charge in [-0.15, -0.1) is 0 Å². The van der Waals surface area contributed by atoms with Gasteiger partial charge in [0.25, 0.3) is 5.91 Å². The lowest BCUT2D eigenvalue weighted by molar-refractivity contribution is -0.137. The molecule has 0 radical (unpaired) electrons. The zero-order chi connectivity index (χ0) is 27.4. The van der Waals surface area contributed by atoms with Crippen LogP contribution >= 0.6 is 0 Å². The van der Waals surface area contributed by atoms with Gasteiger partial charge in [-0.1, -0.05) is 12.1 Å². The van der Waals surface area contributed by atoms with Gasteiger partial charge in [0.2, 0.25) is 0 Å². The van der Waals surface area contributed by atoms with E-state index in [1.807, 2.05) is 44.7 Å². The van der Waals surface area contributed by atoms with Crippen molar-refractivity contribution in [3.8, 4) is 11.5 Å². The zero-order valence-electron chi connectivity index (χ0n) is 22.2. The molecule has 0 aliphatic carbocycles. The topological polar surface area (TPSA) is 42.0 Å². The second kappa shape index (κ2) is 11.4. The number of hydrogen-bond acceptors (Lipinski definition) is 4. The van der Waals surface area contributed by atoms with E-state index in [1.165, 1.54) is 6.07 Å². The summed E-state index contributed by atoms with van der Waals surface area (Å²) in [5.74, 6) is 1.34. The van der Waals surface area contributed by atoms with Gasteiger partial charge in [0.15, 0.2) is 0 Å². The number of anilines is 1. The molecule has 0 aromatic heterocycles. The molecule has 0 N–H and O–H groups in total. The molecular weight excluding hydrogens is 493 g/mol. The van der Waals surface area contributed by atoms with Crippen molar-refractivity contribution in [2.45, 2.75) is 40.5 Å². The summed E-state index contributed by atoms with van der Waals surface area (Å²) in [5, 5.41) is 0. The Labute approximate surface area is 221 Å². The monoisotopic (exact) mass is 526 g/mol. The van der Waals surface area contributed by atoms with Gasteiger partial charge in [0.05, 0.1) is 12.2 Å². The van der Waals surface area contributed by atoms with Gasteiger partial charge in [-0.3, -0.25) is 4.79 Å². The molecule has 1 saturated heterocycles. The third-order valence-corrected chi connectivity index (χ3v) is 6.86. The Morgan fingerprint density at radius 3 is 2.32 bits per heavy atom. The molecule has 0 spiro atoms. The lowest BCUT2D eigenvalue weighted by Gasteiger charge is -2.36. The zero-order valence-corrected chi connectivity index (χ0v) is 22.2. The molecule has 1 aliphatic heterocycles. The highest BCUT2D eigenvalue weighted by molar-refractivity contribution is 5.94. The molecule has 1 heterocycles. The fourth-order valence-electron chi connectivity index (χ4n) is 4.66. The Bertz CT molecular complexity index is 1300. The highest BCUT2D eigenvalue weighted by atomic mass is 19.4. The van der Waals surface area contributed by atoms with Crippen LogP contribution in [0.3, 0.4) is 0 Å². The average molecular weight is 527 g/mol. The number of aryl methyl sites for hydroxylation is 2. The maximum Gasteiger partial charge on any atom is 0.416 e. The maximum absolute atomic E-state index is 13.3. The number of rotatable bonds is 7. The molecule has 0 bridgehead atoms. The maximum atomic E-state index is 13.3. The van der Waals surface area contributed by atoms with Gasteiger partial charge in [0.1, 0.15) is 18.1 Å². The van der Waals surface area contributed by atoms with E-state index in [4.69, 9.17) is 9.47 Å². The van der Waals surface area contributed by atoms with E-state index in [1.54, 1.807) is 23.1 Å². The van der Waals surface area contributed by atoms with Gasteiger partial charge >= 0.3 is 6.18 Å². The SMILES string of the molecule is CCOc1ccc(C(=O)N2CCN(c3cccc(C(F)(F)F)c3)CC2)cc1COc1cc(C)cc(C)c1C. The third kappa shape index (κ3) is 6.23.